The number of nitrogens with zero attached hydrogens (tertiary/aromatic N) is 2. The van der Waals surface area contributed by atoms with E-state index in [0.29, 0.717) is 28.0 Å². The molecule has 2 N–H and O–H groups in total. The van der Waals surface area contributed by atoms with Crippen LogP contribution in [-0.2, 0) is 12.8 Å². The van der Waals surface area contributed by atoms with Gasteiger partial charge in [0.25, 0.3) is 0 Å². The zero-order valence-corrected chi connectivity index (χ0v) is 11.5. The first-order valence-corrected chi connectivity index (χ1v) is 6.40. The van der Waals surface area contributed by atoms with Crippen molar-refractivity contribution in [2.24, 2.45) is 0 Å². The van der Waals surface area contributed by atoms with E-state index in [9.17, 15) is 0 Å². The van der Waals surface area contributed by atoms with Gasteiger partial charge in [-0.15, -0.1) is 0 Å². The van der Waals surface area contributed by atoms with Crippen molar-refractivity contribution in [2.75, 3.05) is 5.73 Å². The van der Waals surface area contributed by atoms with E-state index in [0.717, 1.165) is 17.7 Å². The predicted molar refractivity (Wildman–Crippen MR) is 75.1 cm³/mol. The first-order valence-electron chi connectivity index (χ1n) is 5.64. The second kappa shape index (κ2) is 5.55. The number of anilines is 1. The number of nitrogen functional groups attached to an aromatic ring is 1. The van der Waals surface area contributed by atoms with E-state index in [1.807, 2.05) is 13.0 Å². The maximum absolute atomic E-state index is 6.12. The molecule has 0 saturated carbocycles. The summed E-state index contributed by atoms with van der Waals surface area (Å²) >= 11 is 12.0. The molecular weight excluding hydrogens is 269 g/mol. The summed E-state index contributed by atoms with van der Waals surface area (Å²) in [5, 5.41) is 1.25. The summed E-state index contributed by atoms with van der Waals surface area (Å²) < 4.78 is 0. The van der Waals surface area contributed by atoms with Crippen molar-refractivity contribution in [3.63, 3.8) is 0 Å². The predicted octanol–water partition coefficient (Wildman–Crippen LogP) is 3.52. The lowest BCUT2D eigenvalue weighted by atomic mass is 10.1. The zero-order valence-electron chi connectivity index (χ0n) is 9.95. The van der Waals surface area contributed by atoms with Crippen LogP contribution in [0.1, 0.15) is 24.0 Å². The summed E-state index contributed by atoms with van der Waals surface area (Å²) in [6, 6.07) is 5.41. The Morgan fingerprint density at radius 1 is 1.28 bits per heavy atom. The lowest BCUT2D eigenvalue weighted by Crippen LogP contribution is -2.04. The molecule has 1 aromatic carbocycles. The van der Waals surface area contributed by atoms with E-state index in [1.54, 1.807) is 18.3 Å². The van der Waals surface area contributed by atoms with Gasteiger partial charge < -0.3 is 5.73 Å². The van der Waals surface area contributed by atoms with Crippen LogP contribution in [0.25, 0.3) is 0 Å². The molecule has 3 nitrogen and oxygen atoms in total. The summed E-state index contributed by atoms with van der Waals surface area (Å²) in [5.41, 5.74) is 8.22. The molecule has 5 heteroatoms. The third-order valence-corrected chi connectivity index (χ3v) is 3.24. The Hall–Kier alpha value is -1.32. The molecule has 1 heterocycles. The highest BCUT2D eigenvalue weighted by Crippen LogP contribution is 2.22. The largest absolute Gasteiger partial charge is 0.396 e. The molecule has 0 radical (unpaired) electrons. The number of hydrogen-bond acceptors (Lipinski definition) is 3. The zero-order chi connectivity index (χ0) is 13.1. The molecule has 0 unspecified atom stereocenters. The van der Waals surface area contributed by atoms with Crippen molar-refractivity contribution < 1.29 is 0 Å². The fourth-order valence-corrected chi connectivity index (χ4v) is 2.15. The Bertz CT molecular complexity index is 570. The summed E-state index contributed by atoms with van der Waals surface area (Å²) in [4.78, 5) is 8.64. The molecule has 0 spiro atoms. The Morgan fingerprint density at radius 3 is 2.72 bits per heavy atom. The van der Waals surface area contributed by atoms with Crippen molar-refractivity contribution in [2.45, 2.75) is 19.8 Å². The van der Waals surface area contributed by atoms with E-state index in [1.165, 1.54) is 0 Å². The Kier molecular flexibility index (Phi) is 4.04. The molecule has 0 saturated heterocycles. The van der Waals surface area contributed by atoms with Crippen LogP contribution in [0.5, 0.6) is 0 Å². The van der Waals surface area contributed by atoms with Gasteiger partial charge in [0, 0.05) is 16.5 Å². The first kappa shape index (κ1) is 13.1. The lowest BCUT2D eigenvalue weighted by molar-refractivity contribution is 0.910. The molecular formula is C13H13Cl2N3. The molecule has 0 atom stereocenters. The fourth-order valence-electron chi connectivity index (χ4n) is 1.67. The second-order valence-corrected chi connectivity index (χ2v) is 4.80. The molecule has 0 bridgehead atoms. The fraction of sp³-hybridized carbons (Fsp3) is 0.231. The van der Waals surface area contributed by atoms with Gasteiger partial charge in [0.2, 0.25) is 0 Å². The minimum atomic E-state index is 0.573. The van der Waals surface area contributed by atoms with E-state index in [4.69, 9.17) is 28.9 Å². The van der Waals surface area contributed by atoms with Gasteiger partial charge in [-0.1, -0.05) is 36.2 Å². The van der Waals surface area contributed by atoms with Gasteiger partial charge in [-0.05, 0) is 24.1 Å². The summed E-state index contributed by atoms with van der Waals surface area (Å²) in [7, 11) is 0. The minimum Gasteiger partial charge on any atom is -0.396 e. The monoisotopic (exact) mass is 281 g/mol. The van der Waals surface area contributed by atoms with E-state index in [-0.39, 0.29) is 0 Å². The van der Waals surface area contributed by atoms with Gasteiger partial charge >= 0.3 is 0 Å². The number of benzene rings is 1. The maximum Gasteiger partial charge on any atom is 0.133 e. The van der Waals surface area contributed by atoms with Crippen LogP contribution in [-0.4, -0.2) is 9.97 Å². The number of rotatable bonds is 3. The third-order valence-electron chi connectivity index (χ3n) is 2.65. The van der Waals surface area contributed by atoms with Crippen LogP contribution in [0, 0.1) is 0 Å². The smallest absolute Gasteiger partial charge is 0.133 e. The maximum atomic E-state index is 6.12. The molecule has 1 aromatic heterocycles. The Balaban J connectivity index is 2.28. The van der Waals surface area contributed by atoms with Gasteiger partial charge in [-0.2, -0.15) is 0 Å². The highest BCUT2D eigenvalue weighted by atomic mass is 35.5. The topological polar surface area (TPSA) is 51.8 Å². The van der Waals surface area contributed by atoms with Gasteiger partial charge in [0.1, 0.15) is 5.82 Å². The van der Waals surface area contributed by atoms with Crippen molar-refractivity contribution >= 4 is 28.9 Å². The molecule has 0 aliphatic heterocycles. The van der Waals surface area contributed by atoms with Crippen LogP contribution < -0.4 is 5.73 Å². The average Bonchev–Trinajstić information content (AvgIpc) is 2.35. The van der Waals surface area contributed by atoms with Crippen molar-refractivity contribution in [3.05, 3.63) is 51.5 Å². The molecule has 0 fully saturated rings. The van der Waals surface area contributed by atoms with Crippen LogP contribution >= 0.6 is 23.2 Å². The van der Waals surface area contributed by atoms with Crippen molar-refractivity contribution in [1.29, 1.82) is 0 Å². The van der Waals surface area contributed by atoms with Crippen LogP contribution in [0.15, 0.2) is 24.4 Å². The van der Waals surface area contributed by atoms with Crippen LogP contribution in [0.2, 0.25) is 10.0 Å². The highest BCUT2D eigenvalue weighted by Gasteiger charge is 2.07. The van der Waals surface area contributed by atoms with Crippen LogP contribution in [0.4, 0.5) is 5.69 Å². The number of halogens is 2. The molecule has 0 aliphatic carbocycles. The van der Waals surface area contributed by atoms with E-state index < -0.39 is 0 Å². The number of aromatic nitrogens is 2. The Labute approximate surface area is 116 Å². The van der Waals surface area contributed by atoms with E-state index in [2.05, 4.69) is 9.97 Å². The molecule has 0 amide bonds. The SMILES string of the molecule is CCc1nc(Cc2ccc(Cl)cc2Cl)ncc1N. The normalized spacial score (nSPS) is 10.6. The highest BCUT2D eigenvalue weighted by molar-refractivity contribution is 6.35. The van der Waals surface area contributed by atoms with Gasteiger partial charge in [0.15, 0.2) is 0 Å². The quantitative estimate of drug-likeness (QED) is 0.937. The summed E-state index contributed by atoms with van der Waals surface area (Å²) in [5.74, 6) is 0.713. The van der Waals surface area contributed by atoms with Crippen molar-refractivity contribution in [3.8, 4) is 0 Å². The number of hydrogen-bond donors (Lipinski definition) is 1. The average molecular weight is 282 g/mol. The third kappa shape index (κ3) is 2.92. The molecule has 18 heavy (non-hydrogen) atoms. The standard InChI is InChI=1S/C13H13Cl2N3/c1-2-12-11(16)7-17-13(18-12)5-8-3-4-9(14)6-10(8)15/h3-4,6-7H,2,5,16H2,1H3. The van der Waals surface area contributed by atoms with Gasteiger partial charge in [-0.25, -0.2) is 9.97 Å². The molecule has 2 rings (SSSR count). The van der Waals surface area contributed by atoms with Gasteiger partial charge in [0.05, 0.1) is 17.6 Å². The molecule has 94 valence electrons. The summed E-state index contributed by atoms with van der Waals surface area (Å²) in [6.07, 6.45) is 3.00. The van der Waals surface area contributed by atoms with E-state index >= 15 is 0 Å². The lowest BCUT2D eigenvalue weighted by Gasteiger charge is -2.07. The van der Waals surface area contributed by atoms with Crippen molar-refractivity contribution in [1.82, 2.24) is 9.97 Å². The molecule has 0 aliphatic rings. The Morgan fingerprint density at radius 2 is 2.06 bits per heavy atom. The minimum absolute atomic E-state index is 0.573. The first-order chi connectivity index (χ1) is 8.60. The number of nitrogens with two attached hydrogens (primary N) is 1. The molecule has 2 aromatic rings. The van der Waals surface area contributed by atoms with Crippen LogP contribution in [0.3, 0.4) is 0 Å². The van der Waals surface area contributed by atoms with Gasteiger partial charge in [-0.3, -0.25) is 0 Å². The second-order valence-electron chi connectivity index (χ2n) is 3.95. The summed E-state index contributed by atoms with van der Waals surface area (Å²) in [6.45, 7) is 2.01. The number of aryl methyl sites for hydroxylation is 1.